The van der Waals surface area contributed by atoms with E-state index in [4.69, 9.17) is 9.84 Å². The number of aliphatic hydroxyl groups is 1. The molecule has 0 spiro atoms. The number of hydrogen-bond donors (Lipinski definition) is 2. The summed E-state index contributed by atoms with van der Waals surface area (Å²) in [5, 5.41) is 11.9. The molecule has 0 unspecified atom stereocenters. The third-order valence-electron chi connectivity index (χ3n) is 3.55. The van der Waals surface area contributed by atoms with E-state index < -0.39 is 0 Å². The summed E-state index contributed by atoms with van der Waals surface area (Å²) in [5.41, 5.74) is 0.584. The predicted molar refractivity (Wildman–Crippen MR) is 75.3 cm³/mol. The molecule has 1 aliphatic carbocycles. The summed E-state index contributed by atoms with van der Waals surface area (Å²) < 4.78 is 5.38. The first-order valence-corrected chi connectivity index (χ1v) is 7.26. The first-order valence-electron chi connectivity index (χ1n) is 7.26. The summed E-state index contributed by atoms with van der Waals surface area (Å²) in [6, 6.07) is 3.68. The monoisotopic (exact) mass is 278 g/mol. The van der Waals surface area contributed by atoms with Gasteiger partial charge in [-0.05, 0) is 25.0 Å². The minimum atomic E-state index is -0.0948. The summed E-state index contributed by atoms with van der Waals surface area (Å²) >= 11 is 0. The lowest BCUT2D eigenvalue weighted by Crippen LogP contribution is -2.37. The summed E-state index contributed by atoms with van der Waals surface area (Å²) in [6.07, 6.45) is 8.58. The van der Waals surface area contributed by atoms with Crippen LogP contribution >= 0.6 is 0 Å². The van der Waals surface area contributed by atoms with Gasteiger partial charge in [-0.3, -0.25) is 9.78 Å². The largest absolute Gasteiger partial charge is 0.482 e. The van der Waals surface area contributed by atoms with E-state index in [2.05, 4.69) is 10.3 Å². The molecule has 1 heterocycles. The van der Waals surface area contributed by atoms with Crippen molar-refractivity contribution < 1.29 is 14.6 Å². The second-order valence-electron chi connectivity index (χ2n) is 5.19. The quantitative estimate of drug-likeness (QED) is 0.806. The molecular formula is C15H22N2O3. The molecule has 0 radical (unpaired) electrons. The Hall–Kier alpha value is -1.62. The predicted octanol–water partition coefficient (Wildman–Crippen LogP) is 1.79. The maximum atomic E-state index is 11.8. The molecule has 20 heavy (non-hydrogen) atoms. The second kappa shape index (κ2) is 7.85. The zero-order chi connectivity index (χ0) is 14.2. The van der Waals surface area contributed by atoms with Gasteiger partial charge >= 0.3 is 0 Å². The van der Waals surface area contributed by atoms with E-state index in [0.717, 1.165) is 12.8 Å². The van der Waals surface area contributed by atoms with E-state index in [1.54, 1.807) is 12.1 Å². The molecular weight excluding hydrogens is 256 g/mol. The zero-order valence-corrected chi connectivity index (χ0v) is 11.7. The minimum absolute atomic E-state index is 0.0106. The van der Waals surface area contributed by atoms with E-state index >= 15 is 0 Å². The van der Waals surface area contributed by atoms with Gasteiger partial charge in [0, 0.05) is 6.04 Å². The van der Waals surface area contributed by atoms with Gasteiger partial charge in [0.1, 0.15) is 5.75 Å². The number of aliphatic hydroxyl groups excluding tert-OH is 1. The Morgan fingerprint density at radius 3 is 2.65 bits per heavy atom. The number of nitrogens with zero attached hydrogens (tertiary/aromatic N) is 1. The molecule has 1 aromatic heterocycles. The molecule has 1 fully saturated rings. The van der Waals surface area contributed by atoms with Crippen LogP contribution in [0.25, 0.3) is 0 Å². The Balaban J connectivity index is 1.73. The third kappa shape index (κ3) is 4.81. The number of carbonyl (C=O) groups excluding carboxylic acids is 1. The van der Waals surface area contributed by atoms with Crippen molar-refractivity contribution in [2.75, 3.05) is 6.61 Å². The number of nitrogens with one attached hydrogen (secondary N) is 1. The van der Waals surface area contributed by atoms with E-state index in [-0.39, 0.29) is 19.1 Å². The van der Waals surface area contributed by atoms with Crippen molar-refractivity contribution in [2.24, 2.45) is 0 Å². The molecule has 2 rings (SSSR count). The number of hydrogen-bond acceptors (Lipinski definition) is 4. The molecule has 1 aromatic rings. The zero-order valence-electron chi connectivity index (χ0n) is 11.7. The van der Waals surface area contributed by atoms with Crippen molar-refractivity contribution in [1.29, 1.82) is 0 Å². The Morgan fingerprint density at radius 2 is 2.05 bits per heavy atom. The molecule has 1 aliphatic rings. The molecule has 110 valence electrons. The fourth-order valence-corrected chi connectivity index (χ4v) is 2.43. The van der Waals surface area contributed by atoms with Gasteiger partial charge in [0.05, 0.1) is 18.5 Å². The van der Waals surface area contributed by atoms with Crippen molar-refractivity contribution in [1.82, 2.24) is 10.3 Å². The number of pyridine rings is 1. The lowest BCUT2D eigenvalue weighted by atomic mass is 10.1. The average molecular weight is 278 g/mol. The number of amides is 1. The normalized spacial score (nSPS) is 16.4. The average Bonchev–Trinajstić information content (AvgIpc) is 2.74. The first kappa shape index (κ1) is 14.8. The van der Waals surface area contributed by atoms with Crippen LogP contribution in [0.4, 0.5) is 0 Å². The van der Waals surface area contributed by atoms with Gasteiger partial charge in [-0.25, -0.2) is 0 Å². The Labute approximate surface area is 119 Å². The highest BCUT2D eigenvalue weighted by Crippen LogP contribution is 2.17. The lowest BCUT2D eigenvalue weighted by Gasteiger charge is -2.16. The minimum Gasteiger partial charge on any atom is -0.482 e. The number of ether oxygens (including phenoxy) is 1. The van der Waals surface area contributed by atoms with Crippen molar-refractivity contribution in [3.63, 3.8) is 0 Å². The highest BCUT2D eigenvalue weighted by atomic mass is 16.5. The van der Waals surface area contributed by atoms with E-state index in [0.29, 0.717) is 17.5 Å². The number of aromatic nitrogens is 1. The molecule has 1 amide bonds. The third-order valence-corrected chi connectivity index (χ3v) is 3.55. The summed E-state index contributed by atoms with van der Waals surface area (Å²) in [5.74, 6) is 0.460. The Bertz CT molecular complexity index is 412. The summed E-state index contributed by atoms with van der Waals surface area (Å²) in [7, 11) is 0. The van der Waals surface area contributed by atoms with Crippen LogP contribution in [-0.2, 0) is 11.4 Å². The molecule has 5 nitrogen and oxygen atoms in total. The number of carbonyl (C=O) groups is 1. The molecule has 1 saturated carbocycles. The molecule has 2 N–H and O–H groups in total. The Kier molecular flexibility index (Phi) is 5.80. The Morgan fingerprint density at radius 1 is 1.30 bits per heavy atom. The van der Waals surface area contributed by atoms with Gasteiger partial charge in [-0.15, -0.1) is 0 Å². The molecule has 5 heteroatoms. The van der Waals surface area contributed by atoms with E-state index in [9.17, 15) is 4.79 Å². The molecule has 0 aromatic carbocycles. The fourth-order valence-electron chi connectivity index (χ4n) is 2.43. The van der Waals surface area contributed by atoms with Crippen LogP contribution in [0.2, 0.25) is 0 Å². The standard InChI is InChI=1S/C15H22N2O3/c18-10-13-7-8-14(9-16-13)20-11-15(19)17-12-5-3-1-2-4-6-12/h7-9,12,18H,1-6,10-11H2,(H,17,19). The molecule has 0 aliphatic heterocycles. The van der Waals surface area contributed by atoms with Crippen LogP contribution in [0, 0.1) is 0 Å². The van der Waals surface area contributed by atoms with Crippen LogP contribution < -0.4 is 10.1 Å². The van der Waals surface area contributed by atoms with E-state index in [1.807, 2.05) is 0 Å². The van der Waals surface area contributed by atoms with Gasteiger partial charge in [-0.2, -0.15) is 0 Å². The van der Waals surface area contributed by atoms with Gasteiger partial charge < -0.3 is 15.2 Å². The highest BCUT2D eigenvalue weighted by molar-refractivity contribution is 5.77. The first-order chi connectivity index (χ1) is 9.78. The highest BCUT2D eigenvalue weighted by Gasteiger charge is 2.14. The van der Waals surface area contributed by atoms with Crippen molar-refractivity contribution >= 4 is 5.91 Å². The summed E-state index contributed by atoms with van der Waals surface area (Å²) in [6.45, 7) is -0.0842. The van der Waals surface area contributed by atoms with Gasteiger partial charge in [-0.1, -0.05) is 25.7 Å². The number of rotatable bonds is 5. The molecule has 0 bridgehead atoms. The maximum Gasteiger partial charge on any atom is 0.258 e. The van der Waals surface area contributed by atoms with Crippen molar-refractivity contribution in [3.05, 3.63) is 24.0 Å². The van der Waals surface area contributed by atoms with Crippen LogP contribution in [-0.4, -0.2) is 28.6 Å². The van der Waals surface area contributed by atoms with Crippen LogP contribution in [0.1, 0.15) is 44.2 Å². The molecule has 0 atom stereocenters. The van der Waals surface area contributed by atoms with Gasteiger partial charge in [0.2, 0.25) is 0 Å². The molecule has 0 saturated heterocycles. The topological polar surface area (TPSA) is 71.5 Å². The van der Waals surface area contributed by atoms with Crippen molar-refractivity contribution in [2.45, 2.75) is 51.2 Å². The van der Waals surface area contributed by atoms with Crippen LogP contribution in [0.5, 0.6) is 5.75 Å². The maximum absolute atomic E-state index is 11.8. The van der Waals surface area contributed by atoms with Crippen LogP contribution in [0.3, 0.4) is 0 Å². The van der Waals surface area contributed by atoms with Gasteiger partial charge in [0.25, 0.3) is 5.91 Å². The van der Waals surface area contributed by atoms with E-state index in [1.165, 1.54) is 31.9 Å². The van der Waals surface area contributed by atoms with Crippen molar-refractivity contribution in [3.8, 4) is 5.75 Å². The lowest BCUT2D eigenvalue weighted by molar-refractivity contribution is -0.123. The smallest absolute Gasteiger partial charge is 0.258 e. The summed E-state index contributed by atoms with van der Waals surface area (Å²) in [4.78, 5) is 15.8. The fraction of sp³-hybridized carbons (Fsp3) is 0.600. The second-order valence-corrected chi connectivity index (χ2v) is 5.19. The van der Waals surface area contributed by atoms with Gasteiger partial charge in [0.15, 0.2) is 6.61 Å². The SMILES string of the molecule is O=C(COc1ccc(CO)nc1)NC1CCCCCC1. The van der Waals surface area contributed by atoms with Crippen LogP contribution in [0.15, 0.2) is 18.3 Å².